The van der Waals surface area contributed by atoms with Gasteiger partial charge < -0.3 is 14.2 Å². The minimum absolute atomic E-state index is 0.116. The van der Waals surface area contributed by atoms with Gasteiger partial charge >= 0.3 is 0 Å². The molecule has 3 aromatic carbocycles. The summed E-state index contributed by atoms with van der Waals surface area (Å²) in [5.74, 6) is 1.94. The lowest BCUT2D eigenvalue weighted by molar-refractivity contribution is 0.104. The molecular formula is C27H22N2O4. The average molecular weight is 438 g/mol. The maximum absolute atomic E-state index is 12.8. The Bertz CT molecular complexity index is 1330. The minimum atomic E-state index is -0.116. The van der Waals surface area contributed by atoms with E-state index in [1.807, 2.05) is 65.5 Å². The highest BCUT2D eigenvalue weighted by Crippen LogP contribution is 2.35. The molecule has 5 rings (SSSR count). The second-order valence-corrected chi connectivity index (χ2v) is 7.50. The Morgan fingerprint density at radius 3 is 2.61 bits per heavy atom. The smallest absolute Gasteiger partial charge is 0.185 e. The van der Waals surface area contributed by atoms with E-state index in [2.05, 4.69) is 0 Å². The van der Waals surface area contributed by atoms with Gasteiger partial charge in [0.25, 0.3) is 0 Å². The number of carbonyl (C=O) groups is 1. The van der Waals surface area contributed by atoms with Crippen molar-refractivity contribution in [2.24, 2.45) is 0 Å². The molecule has 0 fully saturated rings. The van der Waals surface area contributed by atoms with Crippen LogP contribution in [0.25, 0.3) is 23.0 Å². The molecule has 164 valence electrons. The summed E-state index contributed by atoms with van der Waals surface area (Å²) in [5.41, 5.74) is 3.91. The topological polar surface area (TPSA) is 62.6 Å². The van der Waals surface area contributed by atoms with Crippen molar-refractivity contribution >= 4 is 11.9 Å². The van der Waals surface area contributed by atoms with Crippen molar-refractivity contribution in [1.29, 1.82) is 0 Å². The molecule has 0 saturated carbocycles. The monoisotopic (exact) mass is 438 g/mol. The van der Waals surface area contributed by atoms with Crippen LogP contribution < -0.4 is 14.2 Å². The van der Waals surface area contributed by atoms with Crippen LogP contribution in [0.15, 0.2) is 85.1 Å². The van der Waals surface area contributed by atoms with E-state index < -0.39 is 0 Å². The van der Waals surface area contributed by atoms with Crippen molar-refractivity contribution in [1.82, 2.24) is 9.78 Å². The third-order valence-electron chi connectivity index (χ3n) is 5.35. The Kier molecular flexibility index (Phi) is 5.64. The van der Waals surface area contributed by atoms with Gasteiger partial charge in [0.1, 0.15) is 24.7 Å². The number of para-hydroxylation sites is 1. The third kappa shape index (κ3) is 4.36. The highest BCUT2D eigenvalue weighted by molar-refractivity contribution is 6.07. The summed E-state index contributed by atoms with van der Waals surface area (Å²) in [6.45, 7) is 1.05. The van der Waals surface area contributed by atoms with Crippen LogP contribution in [0.3, 0.4) is 0 Å². The Labute approximate surface area is 191 Å². The number of ether oxygens (including phenoxy) is 3. The Hall–Kier alpha value is -4.32. The molecule has 0 bridgehead atoms. The number of hydrogen-bond acceptors (Lipinski definition) is 5. The summed E-state index contributed by atoms with van der Waals surface area (Å²) in [6.07, 6.45) is 5.26. The second-order valence-electron chi connectivity index (χ2n) is 7.50. The highest BCUT2D eigenvalue weighted by Gasteiger charge is 2.16. The van der Waals surface area contributed by atoms with Crippen molar-refractivity contribution < 1.29 is 19.0 Å². The molecule has 2 heterocycles. The first-order valence-corrected chi connectivity index (χ1v) is 10.6. The molecule has 0 saturated heterocycles. The van der Waals surface area contributed by atoms with E-state index in [9.17, 15) is 4.79 Å². The van der Waals surface area contributed by atoms with Crippen molar-refractivity contribution in [3.63, 3.8) is 0 Å². The van der Waals surface area contributed by atoms with Crippen molar-refractivity contribution in [2.45, 2.75) is 0 Å². The molecule has 4 aromatic rings. The quantitative estimate of drug-likeness (QED) is 0.305. The lowest BCUT2D eigenvalue weighted by atomic mass is 10.1. The van der Waals surface area contributed by atoms with E-state index in [1.165, 1.54) is 0 Å². The van der Waals surface area contributed by atoms with E-state index in [-0.39, 0.29) is 5.78 Å². The molecule has 1 aromatic heterocycles. The van der Waals surface area contributed by atoms with E-state index in [0.717, 1.165) is 28.3 Å². The molecule has 0 atom stereocenters. The normalized spacial score (nSPS) is 12.6. The molecule has 0 amide bonds. The SMILES string of the molecule is COc1cccc(C(=O)C=Cc2cn(-c3ccccc3)nc2-c2ccc3c(c2)OCCO3)c1. The summed E-state index contributed by atoms with van der Waals surface area (Å²) in [4.78, 5) is 12.8. The van der Waals surface area contributed by atoms with Gasteiger partial charge in [-0.05, 0) is 54.6 Å². The van der Waals surface area contributed by atoms with Crippen molar-refractivity contribution in [3.8, 4) is 34.2 Å². The average Bonchev–Trinajstić information content (AvgIpc) is 3.32. The Balaban J connectivity index is 1.53. The maximum Gasteiger partial charge on any atom is 0.185 e. The van der Waals surface area contributed by atoms with Gasteiger partial charge in [0.2, 0.25) is 0 Å². The fraction of sp³-hybridized carbons (Fsp3) is 0.111. The first-order chi connectivity index (χ1) is 16.2. The van der Waals surface area contributed by atoms with Crippen LogP contribution in [0.1, 0.15) is 15.9 Å². The minimum Gasteiger partial charge on any atom is -0.497 e. The largest absolute Gasteiger partial charge is 0.497 e. The number of methoxy groups -OCH3 is 1. The third-order valence-corrected chi connectivity index (χ3v) is 5.35. The number of allylic oxidation sites excluding steroid dienone is 1. The van der Waals surface area contributed by atoms with Crippen molar-refractivity contribution in [3.05, 3.63) is 96.2 Å². The number of hydrogen-bond donors (Lipinski definition) is 0. The molecule has 0 spiro atoms. The van der Waals surface area contributed by atoms with E-state index in [4.69, 9.17) is 19.3 Å². The lowest BCUT2D eigenvalue weighted by Gasteiger charge is -2.18. The van der Waals surface area contributed by atoms with Crippen LogP contribution in [-0.4, -0.2) is 35.9 Å². The molecule has 1 aliphatic heterocycles. The Morgan fingerprint density at radius 1 is 0.970 bits per heavy atom. The summed E-state index contributed by atoms with van der Waals surface area (Å²) in [7, 11) is 1.58. The zero-order chi connectivity index (χ0) is 22.6. The van der Waals surface area contributed by atoms with Gasteiger partial charge in [0.15, 0.2) is 17.3 Å². The van der Waals surface area contributed by atoms with Crippen LogP contribution in [0, 0.1) is 0 Å². The number of nitrogens with zero attached hydrogens (tertiary/aromatic N) is 2. The fourth-order valence-electron chi connectivity index (χ4n) is 3.68. The van der Waals surface area contributed by atoms with Gasteiger partial charge in [-0.2, -0.15) is 5.10 Å². The summed E-state index contributed by atoms with van der Waals surface area (Å²) in [5, 5.41) is 4.82. The molecule has 0 unspecified atom stereocenters. The molecule has 1 aliphatic rings. The number of carbonyl (C=O) groups excluding carboxylic acids is 1. The van der Waals surface area contributed by atoms with Crippen LogP contribution in [0.5, 0.6) is 17.2 Å². The first kappa shape index (κ1) is 20.6. The zero-order valence-electron chi connectivity index (χ0n) is 18.1. The number of aromatic nitrogens is 2. The van der Waals surface area contributed by atoms with Gasteiger partial charge in [-0.3, -0.25) is 4.79 Å². The van der Waals surface area contributed by atoms with Crippen LogP contribution in [0.2, 0.25) is 0 Å². The van der Waals surface area contributed by atoms with Crippen molar-refractivity contribution in [2.75, 3.05) is 20.3 Å². The Morgan fingerprint density at radius 2 is 1.79 bits per heavy atom. The summed E-state index contributed by atoms with van der Waals surface area (Å²) in [6, 6.07) is 22.7. The molecule has 33 heavy (non-hydrogen) atoms. The molecule has 0 radical (unpaired) electrons. The summed E-state index contributed by atoms with van der Waals surface area (Å²) >= 11 is 0. The first-order valence-electron chi connectivity index (χ1n) is 10.6. The lowest BCUT2D eigenvalue weighted by Crippen LogP contribution is -2.15. The number of benzene rings is 3. The number of fused-ring (bicyclic) bond motifs is 1. The number of rotatable bonds is 6. The van der Waals surface area contributed by atoms with E-state index in [0.29, 0.717) is 30.3 Å². The van der Waals surface area contributed by atoms with Crippen LogP contribution in [-0.2, 0) is 0 Å². The predicted molar refractivity (Wildman–Crippen MR) is 126 cm³/mol. The predicted octanol–water partition coefficient (Wildman–Crippen LogP) is 5.22. The molecule has 0 aliphatic carbocycles. The van der Waals surface area contributed by atoms with Crippen LogP contribution in [0.4, 0.5) is 0 Å². The molecular weight excluding hydrogens is 416 g/mol. The molecule has 6 nitrogen and oxygen atoms in total. The number of ketones is 1. The van der Waals surface area contributed by atoms with Gasteiger partial charge in [-0.25, -0.2) is 4.68 Å². The summed E-state index contributed by atoms with van der Waals surface area (Å²) < 4.78 is 18.4. The van der Waals surface area contributed by atoms with Gasteiger partial charge in [-0.15, -0.1) is 0 Å². The van der Waals surface area contributed by atoms with Crippen LogP contribution >= 0.6 is 0 Å². The fourth-order valence-corrected chi connectivity index (χ4v) is 3.68. The van der Waals surface area contributed by atoms with Gasteiger partial charge in [0.05, 0.1) is 12.8 Å². The van der Waals surface area contributed by atoms with E-state index in [1.54, 1.807) is 37.5 Å². The molecule has 0 N–H and O–H groups in total. The zero-order valence-corrected chi connectivity index (χ0v) is 18.1. The maximum atomic E-state index is 12.8. The van der Waals surface area contributed by atoms with Gasteiger partial charge in [-0.1, -0.05) is 30.3 Å². The highest BCUT2D eigenvalue weighted by atomic mass is 16.6. The van der Waals surface area contributed by atoms with Gasteiger partial charge in [0, 0.05) is 22.9 Å². The van der Waals surface area contributed by atoms with E-state index >= 15 is 0 Å². The molecule has 6 heteroatoms. The second kappa shape index (κ2) is 9.04. The standard InChI is InChI=1S/C27H22N2O4/c1-31-23-9-5-6-19(16-23)24(30)12-10-21-18-29(22-7-3-2-4-8-22)28-27(21)20-11-13-25-26(17-20)33-15-14-32-25/h2-13,16-18H,14-15H2,1H3.